The van der Waals surface area contributed by atoms with E-state index in [9.17, 15) is 5.11 Å². The van der Waals surface area contributed by atoms with Gasteiger partial charge in [0.05, 0.1) is 18.7 Å². The minimum absolute atomic E-state index is 0.0265. The zero-order valence-corrected chi connectivity index (χ0v) is 12.6. The first-order valence-electron chi connectivity index (χ1n) is 6.10. The molecule has 0 radical (unpaired) electrons. The fourth-order valence-electron chi connectivity index (χ4n) is 2.28. The maximum absolute atomic E-state index is 10.2. The molecule has 100 valence electrons. The number of alkyl halides is 1. The number of nitrogens with zero attached hydrogens (tertiary/aromatic N) is 1. The molecule has 5 heteroatoms. The SMILES string of the molecule is COc1ccc2cc3c(nc2c1)O[C@H](CI)C[C@@H]3O. The number of fused-ring (bicyclic) bond motifs is 2. The summed E-state index contributed by atoms with van der Waals surface area (Å²) in [5, 5.41) is 11.2. The Balaban J connectivity index is 2.12. The molecule has 1 N–H and O–H groups in total. The molecule has 3 rings (SSSR count). The number of aromatic nitrogens is 1. The normalized spacial score (nSPS) is 21.8. The number of aliphatic hydroxyl groups excluding tert-OH is 1. The minimum Gasteiger partial charge on any atom is -0.497 e. The van der Waals surface area contributed by atoms with Crippen LogP contribution < -0.4 is 9.47 Å². The zero-order chi connectivity index (χ0) is 13.4. The van der Waals surface area contributed by atoms with Crippen LogP contribution in [0.4, 0.5) is 0 Å². The van der Waals surface area contributed by atoms with Crippen LogP contribution in [0.15, 0.2) is 24.3 Å². The number of methoxy groups -OCH3 is 1. The van der Waals surface area contributed by atoms with E-state index in [4.69, 9.17) is 9.47 Å². The summed E-state index contributed by atoms with van der Waals surface area (Å²) in [5.41, 5.74) is 1.60. The standard InChI is InChI=1S/C14H14INO3/c1-18-9-3-2-8-4-11-13(17)6-10(7-15)19-14(11)16-12(8)5-9/h2-5,10,13,17H,6-7H2,1H3/t10-,13-/m0/s1. The first-order chi connectivity index (χ1) is 9.21. The summed E-state index contributed by atoms with van der Waals surface area (Å²) in [4.78, 5) is 4.51. The van der Waals surface area contributed by atoms with Crippen LogP contribution in [-0.4, -0.2) is 27.7 Å². The van der Waals surface area contributed by atoms with Gasteiger partial charge in [0, 0.05) is 27.9 Å². The lowest BCUT2D eigenvalue weighted by Crippen LogP contribution is -2.27. The van der Waals surface area contributed by atoms with Crippen molar-refractivity contribution in [2.45, 2.75) is 18.6 Å². The summed E-state index contributed by atoms with van der Waals surface area (Å²) in [6.07, 6.45) is 0.153. The quantitative estimate of drug-likeness (QED) is 0.652. The van der Waals surface area contributed by atoms with Gasteiger partial charge in [0.2, 0.25) is 5.88 Å². The second-order valence-electron chi connectivity index (χ2n) is 4.59. The van der Waals surface area contributed by atoms with Crippen molar-refractivity contribution < 1.29 is 14.6 Å². The number of pyridine rings is 1. The number of ether oxygens (including phenoxy) is 2. The monoisotopic (exact) mass is 371 g/mol. The summed E-state index contributed by atoms with van der Waals surface area (Å²) in [7, 11) is 1.63. The smallest absolute Gasteiger partial charge is 0.220 e. The molecule has 1 aromatic carbocycles. The second kappa shape index (κ2) is 5.13. The molecular weight excluding hydrogens is 357 g/mol. The predicted octanol–water partition coefficient (Wildman–Crippen LogP) is 2.86. The molecule has 0 saturated carbocycles. The Morgan fingerprint density at radius 2 is 2.32 bits per heavy atom. The highest BCUT2D eigenvalue weighted by Gasteiger charge is 2.27. The highest BCUT2D eigenvalue weighted by Crippen LogP contribution is 2.36. The average Bonchev–Trinajstić information content (AvgIpc) is 2.44. The van der Waals surface area contributed by atoms with E-state index in [0.29, 0.717) is 12.3 Å². The molecule has 2 atom stereocenters. The van der Waals surface area contributed by atoms with E-state index in [1.807, 2.05) is 24.3 Å². The Hall–Kier alpha value is -1.08. The fraction of sp³-hybridized carbons (Fsp3) is 0.357. The van der Waals surface area contributed by atoms with Gasteiger partial charge >= 0.3 is 0 Å². The van der Waals surface area contributed by atoms with Crippen molar-refractivity contribution in [3.63, 3.8) is 0 Å². The van der Waals surface area contributed by atoms with Crippen LogP contribution in [0.5, 0.6) is 11.6 Å². The van der Waals surface area contributed by atoms with Crippen LogP contribution in [0, 0.1) is 0 Å². The lowest BCUT2D eigenvalue weighted by Gasteiger charge is -2.27. The van der Waals surface area contributed by atoms with Crippen molar-refractivity contribution >= 4 is 33.5 Å². The van der Waals surface area contributed by atoms with Crippen LogP contribution in [0.3, 0.4) is 0 Å². The van der Waals surface area contributed by atoms with E-state index in [1.165, 1.54) is 0 Å². The van der Waals surface area contributed by atoms with Crippen molar-refractivity contribution in [2.24, 2.45) is 0 Å². The molecule has 1 aliphatic heterocycles. The van der Waals surface area contributed by atoms with Crippen LogP contribution in [-0.2, 0) is 0 Å². The lowest BCUT2D eigenvalue weighted by molar-refractivity contribution is 0.0747. The maximum atomic E-state index is 10.2. The van der Waals surface area contributed by atoms with Crippen molar-refractivity contribution in [1.29, 1.82) is 0 Å². The summed E-state index contributed by atoms with van der Waals surface area (Å²) < 4.78 is 11.9. The predicted molar refractivity (Wildman–Crippen MR) is 81.2 cm³/mol. The molecule has 0 spiro atoms. The topological polar surface area (TPSA) is 51.6 Å². The van der Waals surface area contributed by atoms with E-state index < -0.39 is 6.10 Å². The number of hydrogen-bond acceptors (Lipinski definition) is 4. The van der Waals surface area contributed by atoms with Gasteiger partial charge in [-0.25, -0.2) is 4.98 Å². The van der Waals surface area contributed by atoms with Crippen LogP contribution in [0.2, 0.25) is 0 Å². The third-order valence-electron chi connectivity index (χ3n) is 3.31. The van der Waals surface area contributed by atoms with Crippen molar-refractivity contribution in [1.82, 2.24) is 4.98 Å². The molecule has 1 aromatic heterocycles. The molecule has 0 amide bonds. The van der Waals surface area contributed by atoms with E-state index in [2.05, 4.69) is 27.6 Å². The third-order valence-corrected chi connectivity index (χ3v) is 4.30. The average molecular weight is 371 g/mol. The second-order valence-corrected chi connectivity index (χ2v) is 5.47. The zero-order valence-electron chi connectivity index (χ0n) is 10.5. The molecule has 0 unspecified atom stereocenters. The molecule has 2 aromatic rings. The molecule has 0 saturated heterocycles. The van der Waals surface area contributed by atoms with Gasteiger partial charge in [0.15, 0.2) is 0 Å². The molecular formula is C14H14INO3. The van der Waals surface area contributed by atoms with Gasteiger partial charge in [-0.3, -0.25) is 0 Å². The Morgan fingerprint density at radius 3 is 3.05 bits per heavy atom. The summed E-state index contributed by atoms with van der Waals surface area (Å²) in [6, 6.07) is 7.66. The first kappa shape index (κ1) is 12.9. The summed E-state index contributed by atoms with van der Waals surface area (Å²) in [5.74, 6) is 1.31. The Kier molecular flexibility index (Phi) is 3.49. The minimum atomic E-state index is -0.498. The Morgan fingerprint density at radius 1 is 1.47 bits per heavy atom. The van der Waals surface area contributed by atoms with Gasteiger partial charge in [-0.1, -0.05) is 22.6 Å². The van der Waals surface area contributed by atoms with Crippen molar-refractivity contribution in [2.75, 3.05) is 11.5 Å². The molecule has 0 aliphatic carbocycles. The highest BCUT2D eigenvalue weighted by atomic mass is 127. The third kappa shape index (κ3) is 2.36. The van der Waals surface area contributed by atoms with Gasteiger partial charge in [-0.05, 0) is 18.2 Å². The Bertz CT molecular complexity index is 617. The maximum Gasteiger partial charge on any atom is 0.220 e. The molecule has 1 aliphatic rings. The number of hydrogen-bond donors (Lipinski definition) is 1. The molecule has 2 heterocycles. The fourth-order valence-corrected chi connectivity index (χ4v) is 2.82. The van der Waals surface area contributed by atoms with E-state index >= 15 is 0 Å². The van der Waals surface area contributed by atoms with Gasteiger partial charge in [0.1, 0.15) is 11.9 Å². The number of rotatable bonds is 2. The van der Waals surface area contributed by atoms with E-state index in [0.717, 1.165) is 26.6 Å². The van der Waals surface area contributed by atoms with Crippen LogP contribution >= 0.6 is 22.6 Å². The largest absolute Gasteiger partial charge is 0.497 e. The number of halogens is 1. The summed E-state index contributed by atoms with van der Waals surface area (Å²) >= 11 is 2.26. The number of aliphatic hydroxyl groups is 1. The molecule has 0 bridgehead atoms. The van der Waals surface area contributed by atoms with Gasteiger partial charge in [-0.15, -0.1) is 0 Å². The van der Waals surface area contributed by atoms with Crippen molar-refractivity contribution in [3.05, 3.63) is 29.8 Å². The van der Waals surface area contributed by atoms with E-state index in [-0.39, 0.29) is 6.10 Å². The Labute approximate surface area is 124 Å². The molecule has 0 fully saturated rings. The van der Waals surface area contributed by atoms with Gasteiger partial charge < -0.3 is 14.6 Å². The van der Waals surface area contributed by atoms with Crippen LogP contribution in [0.1, 0.15) is 18.1 Å². The van der Waals surface area contributed by atoms with Crippen molar-refractivity contribution in [3.8, 4) is 11.6 Å². The lowest BCUT2D eigenvalue weighted by atomic mass is 10.0. The van der Waals surface area contributed by atoms with E-state index in [1.54, 1.807) is 7.11 Å². The highest BCUT2D eigenvalue weighted by molar-refractivity contribution is 14.1. The molecule has 19 heavy (non-hydrogen) atoms. The van der Waals surface area contributed by atoms with Gasteiger partial charge in [0.25, 0.3) is 0 Å². The number of benzene rings is 1. The van der Waals surface area contributed by atoms with Crippen LogP contribution in [0.25, 0.3) is 10.9 Å². The van der Waals surface area contributed by atoms with Gasteiger partial charge in [-0.2, -0.15) is 0 Å². The summed E-state index contributed by atoms with van der Waals surface area (Å²) in [6.45, 7) is 0. The molecule has 4 nitrogen and oxygen atoms in total. The first-order valence-corrected chi connectivity index (χ1v) is 7.63.